The summed E-state index contributed by atoms with van der Waals surface area (Å²) in [5, 5.41) is 2.70. The number of nitrogens with one attached hydrogen (secondary N) is 1. The zero-order valence-electron chi connectivity index (χ0n) is 9.13. The molecule has 0 aromatic carbocycles. The molecule has 80 valence electrons. The summed E-state index contributed by atoms with van der Waals surface area (Å²) in [7, 11) is 5.38. The first-order chi connectivity index (χ1) is 6.37. The molecule has 1 atom stereocenters. The minimum absolute atomic E-state index is 0.149. The maximum Gasteiger partial charge on any atom is 0.324 e. The summed E-state index contributed by atoms with van der Waals surface area (Å²) in [5.41, 5.74) is -0.726. The number of hydrogen-bond acceptors (Lipinski definition) is 3. The minimum atomic E-state index is -0.726. The smallest absolute Gasteiger partial charge is 0.323 e. The summed E-state index contributed by atoms with van der Waals surface area (Å²) in [5.74, 6) is -0.149. The summed E-state index contributed by atoms with van der Waals surface area (Å²) < 4.78 is 0. The van der Waals surface area contributed by atoms with Crippen LogP contribution < -0.4 is 5.32 Å². The van der Waals surface area contributed by atoms with Crippen molar-refractivity contribution in [3.05, 3.63) is 0 Å². The van der Waals surface area contributed by atoms with Gasteiger partial charge in [-0.15, -0.1) is 0 Å². The fourth-order valence-electron chi connectivity index (χ4n) is 1.45. The van der Waals surface area contributed by atoms with Gasteiger partial charge in [-0.05, 0) is 27.4 Å². The lowest BCUT2D eigenvalue weighted by molar-refractivity contribution is -0.130. The van der Waals surface area contributed by atoms with Crippen LogP contribution in [0.1, 0.15) is 13.3 Å². The third kappa shape index (κ3) is 1.87. The Kier molecular flexibility index (Phi) is 2.80. The Labute approximate surface area is 84.0 Å². The lowest BCUT2D eigenvalue weighted by Gasteiger charge is -2.22. The first-order valence-electron chi connectivity index (χ1n) is 4.62. The van der Waals surface area contributed by atoms with Gasteiger partial charge in [0.2, 0.25) is 0 Å². The molecular formula is C9H17N3O2. The molecule has 14 heavy (non-hydrogen) atoms. The van der Waals surface area contributed by atoms with Gasteiger partial charge in [0.15, 0.2) is 0 Å². The van der Waals surface area contributed by atoms with Crippen LogP contribution in [-0.2, 0) is 4.79 Å². The maximum absolute atomic E-state index is 11.7. The van der Waals surface area contributed by atoms with Crippen molar-refractivity contribution in [3.8, 4) is 0 Å². The first-order valence-corrected chi connectivity index (χ1v) is 4.62. The first kappa shape index (κ1) is 11.0. The van der Waals surface area contributed by atoms with Gasteiger partial charge >= 0.3 is 6.03 Å². The van der Waals surface area contributed by atoms with Crippen LogP contribution in [0.5, 0.6) is 0 Å². The van der Waals surface area contributed by atoms with E-state index in [0.29, 0.717) is 6.42 Å². The molecule has 1 unspecified atom stereocenters. The molecule has 1 fully saturated rings. The second kappa shape index (κ2) is 3.57. The fraction of sp³-hybridized carbons (Fsp3) is 0.778. The Morgan fingerprint density at radius 3 is 2.36 bits per heavy atom. The number of carbonyl (C=O) groups excluding carboxylic acids is 2. The quantitative estimate of drug-likeness (QED) is 0.645. The zero-order chi connectivity index (χ0) is 10.9. The number of likely N-dealkylation sites (N-methyl/N-ethyl adjacent to an activating group) is 1. The number of urea groups is 1. The molecule has 1 rings (SSSR count). The van der Waals surface area contributed by atoms with E-state index in [-0.39, 0.29) is 11.9 Å². The van der Waals surface area contributed by atoms with Crippen LogP contribution in [0.25, 0.3) is 0 Å². The number of amides is 3. The van der Waals surface area contributed by atoms with Crippen molar-refractivity contribution >= 4 is 11.9 Å². The summed E-state index contributed by atoms with van der Waals surface area (Å²) >= 11 is 0. The molecule has 0 aliphatic carbocycles. The highest BCUT2D eigenvalue weighted by molar-refractivity contribution is 6.06. The zero-order valence-corrected chi connectivity index (χ0v) is 9.13. The molecular weight excluding hydrogens is 182 g/mol. The third-order valence-corrected chi connectivity index (χ3v) is 2.52. The van der Waals surface area contributed by atoms with Crippen LogP contribution in [0.15, 0.2) is 0 Å². The Bertz CT molecular complexity index is 265. The topological polar surface area (TPSA) is 52.7 Å². The van der Waals surface area contributed by atoms with Crippen LogP contribution in [0.4, 0.5) is 4.79 Å². The van der Waals surface area contributed by atoms with Crippen molar-refractivity contribution in [3.63, 3.8) is 0 Å². The van der Waals surface area contributed by atoms with Crippen molar-refractivity contribution in [1.29, 1.82) is 0 Å². The fourth-order valence-corrected chi connectivity index (χ4v) is 1.45. The van der Waals surface area contributed by atoms with E-state index in [1.54, 1.807) is 6.92 Å². The summed E-state index contributed by atoms with van der Waals surface area (Å²) in [6.07, 6.45) is 0.634. The summed E-state index contributed by atoms with van der Waals surface area (Å²) in [6, 6.07) is -0.309. The van der Waals surface area contributed by atoms with Gasteiger partial charge in [0.25, 0.3) is 5.91 Å². The van der Waals surface area contributed by atoms with E-state index in [4.69, 9.17) is 0 Å². The van der Waals surface area contributed by atoms with Crippen LogP contribution >= 0.6 is 0 Å². The highest BCUT2D eigenvalue weighted by Crippen LogP contribution is 2.19. The van der Waals surface area contributed by atoms with Crippen molar-refractivity contribution in [2.45, 2.75) is 18.9 Å². The SMILES string of the molecule is CN(C)CCC1(C)NC(=O)N(C)C1=O. The molecule has 1 saturated heterocycles. The molecule has 0 aromatic heterocycles. The van der Waals surface area contributed by atoms with Crippen molar-refractivity contribution in [1.82, 2.24) is 15.1 Å². The molecule has 0 radical (unpaired) electrons. The van der Waals surface area contributed by atoms with Crippen molar-refractivity contribution < 1.29 is 9.59 Å². The average molecular weight is 199 g/mol. The standard InChI is InChI=1S/C9H17N3O2/c1-9(5-6-11(2)3)7(13)12(4)8(14)10-9/h5-6H2,1-4H3,(H,10,14). The predicted molar refractivity (Wildman–Crippen MR) is 52.9 cm³/mol. The van der Waals surface area contributed by atoms with E-state index in [1.165, 1.54) is 7.05 Å². The number of imide groups is 1. The second-order valence-electron chi connectivity index (χ2n) is 4.18. The molecule has 1 heterocycles. The summed E-state index contributed by atoms with van der Waals surface area (Å²) in [6.45, 7) is 2.54. The summed E-state index contributed by atoms with van der Waals surface area (Å²) in [4.78, 5) is 26.0. The van der Waals surface area contributed by atoms with Gasteiger partial charge in [0.1, 0.15) is 5.54 Å². The Morgan fingerprint density at radius 2 is 2.00 bits per heavy atom. The maximum atomic E-state index is 11.7. The van der Waals surface area contributed by atoms with Crippen LogP contribution in [0.3, 0.4) is 0 Å². The van der Waals surface area contributed by atoms with Crippen LogP contribution in [0, 0.1) is 0 Å². The molecule has 1 N–H and O–H groups in total. The molecule has 5 heteroatoms. The lowest BCUT2D eigenvalue weighted by atomic mass is 9.98. The van der Waals surface area contributed by atoms with Gasteiger partial charge in [0.05, 0.1) is 0 Å². The molecule has 0 spiro atoms. The minimum Gasteiger partial charge on any atom is -0.323 e. The Hall–Kier alpha value is -1.10. The van der Waals surface area contributed by atoms with E-state index in [2.05, 4.69) is 5.32 Å². The van der Waals surface area contributed by atoms with Gasteiger partial charge in [-0.25, -0.2) is 4.79 Å². The highest BCUT2D eigenvalue weighted by Gasteiger charge is 2.45. The number of rotatable bonds is 3. The van der Waals surface area contributed by atoms with Gasteiger partial charge in [-0.2, -0.15) is 0 Å². The van der Waals surface area contributed by atoms with E-state index >= 15 is 0 Å². The number of carbonyl (C=O) groups is 2. The molecule has 3 amide bonds. The second-order valence-corrected chi connectivity index (χ2v) is 4.18. The van der Waals surface area contributed by atoms with E-state index in [9.17, 15) is 9.59 Å². The molecule has 1 aliphatic heterocycles. The Morgan fingerprint density at radius 1 is 1.43 bits per heavy atom. The lowest BCUT2D eigenvalue weighted by Crippen LogP contribution is -2.45. The highest BCUT2D eigenvalue weighted by atomic mass is 16.2. The van der Waals surface area contributed by atoms with Gasteiger partial charge in [0, 0.05) is 13.6 Å². The number of hydrogen-bond donors (Lipinski definition) is 1. The third-order valence-electron chi connectivity index (χ3n) is 2.52. The van der Waals surface area contributed by atoms with Crippen molar-refractivity contribution in [2.75, 3.05) is 27.7 Å². The molecule has 0 bridgehead atoms. The van der Waals surface area contributed by atoms with Crippen LogP contribution in [0.2, 0.25) is 0 Å². The molecule has 1 aliphatic rings. The molecule has 0 saturated carbocycles. The number of nitrogens with zero attached hydrogens (tertiary/aromatic N) is 2. The molecule has 5 nitrogen and oxygen atoms in total. The predicted octanol–water partition coefficient (Wildman–Crippen LogP) is -0.122. The van der Waals surface area contributed by atoms with Crippen LogP contribution in [-0.4, -0.2) is 55.0 Å². The van der Waals surface area contributed by atoms with E-state index in [1.807, 2.05) is 19.0 Å². The normalized spacial score (nSPS) is 27.4. The van der Waals surface area contributed by atoms with E-state index in [0.717, 1.165) is 11.4 Å². The largest absolute Gasteiger partial charge is 0.324 e. The van der Waals surface area contributed by atoms with Gasteiger partial charge in [-0.3, -0.25) is 9.69 Å². The average Bonchev–Trinajstić information content (AvgIpc) is 2.28. The van der Waals surface area contributed by atoms with Gasteiger partial charge < -0.3 is 10.2 Å². The van der Waals surface area contributed by atoms with Gasteiger partial charge in [-0.1, -0.05) is 0 Å². The van der Waals surface area contributed by atoms with E-state index < -0.39 is 5.54 Å². The molecule has 0 aromatic rings. The Balaban J connectivity index is 2.66. The van der Waals surface area contributed by atoms with Crippen molar-refractivity contribution in [2.24, 2.45) is 0 Å². The monoisotopic (exact) mass is 199 g/mol.